The summed E-state index contributed by atoms with van der Waals surface area (Å²) in [6, 6.07) is 6.84. The number of halogens is 1. The predicted octanol–water partition coefficient (Wildman–Crippen LogP) is 3.08. The Kier molecular flexibility index (Phi) is 6.36. The molecule has 0 bridgehead atoms. The second kappa shape index (κ2) is 8.11. The lowest BCUT2D eigenvalue weighted by atomic mass is 10.0. The van der Waals surface area contributed by atoms with Crippen LogP contribution in [-0.4, -0.2) is 25.5 Å². The molecule has 0 saturated heterocycles. The summed E-state index contributed by atoms with van der Waals surface area (Å²) in [4.78, 5) is 12.6. The van der Waals surface area contributed by atoms with Gasteiger partial charge in [0.1, 0.15) is 11.8 Å². The Balaban J connectivity index is 2.18. The number of amides is 1. The molecule has 1 heterocycles. The Labute approximate surface area is 155 Å². The van der Waals surface area contributed by atoms with E-state index in [2.05, 4.69) is 31.1 Å². The van der Waals surface area contributed by atoms with Gasteiger partial charge in [0.15, 0.2) is 5.82 Å². The molecule has 7 nitrogen and oxygen atoms in total. The van der Waals surface area contributed by atoms with Gasteiger partial charge in [0.2, 0.25) is 15.9 Å². The van der Waals surface area contributed by atoms with Crippen LogP contribution < -0.4 is 10.0 Å². The van der Waals surface area contributed by atoms with Crippen molar-refractivity contribution in [3.8, 4) is 0 Å². The minimum Gasteiger partial charge on any atom is -0.360 e. The molecule has 1 atom stereocenters. The molecule has 0 aliphatic heterocycles. The largest absolute Gasteiger partial charge is 0.360 e. The first-order chi connectivity index (χ1) is 11.7. The Bertz CT molecular complexity index is 831. The first kappa shape index (κ1) is 19.6. The summed E-state index contributed by atoms with van der Waals surface area (Å²) < 4.78 is 33.3. The lowest BCUT2D eigenvalue weighted by Gasteiger charge is -2.19. The molecular formula is C16H20BrN3O4S. The average molecular weight is 430 g/mol. The van der Waals surface area contributed by atoms with Crippen molar-refractivity contribution in [3.05, 3.63) is 40.6 Å². The minimum absolute atomic E-state index is 0.0922. The van der Waals surface area contributed by atoms with Gasteiger partial charge >= 0.3 is 0 Å². The number of benzene rings is 1. The third-order valence-electron chi connectivity index (χ3n) is 3.32. The molecule has 1 amide bonds. The Morgan fingerprint density at radius 3 is 2.44 bits per heavy atom. The van der Waals surface area contributed by atoms with E-state index in [0.717, 1.165) is 4.47 Å². The summed E-state index contributed by atoms with van der Waals surface area (Å²) in [5.41, 5.74) is 0. The number of carbonyl (C=O) groups is 1. The maximum atomic E-state index is 12.6. The Morgan fingerprint density at radius 1 is 1.28 bits per heavy atom. The summed E-state index contributed by atoms with van der Waals surface area (Å²) in [6.07, 6.45) is 0.346. The van der Waals surface area contributed by atoms with Crippen LogP contribution in [-0.2, 0) is 14.8 Å². The highest BCUT2D eigenvalue weighted by Gasteiger charge is 2.27. The fraction of sp³-hybridized carbons (Fsp3) is 0.375. The molecule has 136 valence electrons. The van der Waals surface area contributed by atoms with E-state index in [9.17, 15) is 13.2 Å². The number of rotatable bonds is 7. The van der Waals surface area contributed by atoms with Crippen LogP contribution in [0.2, 0.25) is 0 Å². The first-order valence-corrected chi connectivity index (χ1v) is 9.97. The lowest BCUT2D eigenvalue weighted by Crippen LogP contribution is -2.44. The van der Waals surface area contributed by atoms with E-state index >= 15 is 0 Å². The lowest BCUT2D eigenvalue weighted by molar-refractivity contribution is -0.118. The van der Waals surface area contributed by atoms with Crippen LogP contribution in [0.25, 0.3) is 0 Å². The third kappa shape index (κ3) is 5.65. The monoisotopic (exact) mass is 429 g/mol. The number of aromatic nitrogens is 1. The van der Waals surface area contributed by atoms with Crippen molar-refractivity contribution in [1.82, 2.24) is 9.88 Å². The zero-order chi connectivity index (χ0) is 18.6. The molecule has 2 rings (SSSR count). The fourth-order valence-electron chi connectivity index (χ4n) is 2.19. The van der Waals surface area contributed by atoms with Gasteiger partial charge in [-0.3, -0.25) is 4.79 Å². The van der Waals surface area contributed by atoms with Gasteiger partial charge in [-0.15, -0.1) is 0 Å². The molecular weight excluding hydrogens is 410 g/mol. The van der Waals surface area contributed by atoms with Crippen molar-refractivity contribution in [1.29, 1.82) is 0 Å². The summed E-state index contributed by atoms with van der Waals surface area (Å²) in [7, 11) is -3.83. The Hall–Kier alpha value is -1.71. The standard InChI is InChI=1S/C16H20BrN3O4S/c1-10(2)8-14(16(21)18-15-9-11(3)24-19-15)20-25(22,23)13-6-4-12(17)5-7-13/h4-7,9-10,14,20H,8H2,1-3H3,(H,18,19,21)/t14-/m0/s1. The van der Waals surface area contributed by atoms with Gasteiger partial charge in [-0.1, -0.05) is 34.9 Å². The molecule has 0 spiro atoms. The minimum atomic E-state index is -3.83. The molecule has 2 aromatic rings. The van der Waals surface area contributed by atoms with E-state index in [0.29, 0.717) is 12.2 Å². The van der Waals surface area contributed by atoms with Crippen LogP contribution in [0.15, 0.2) is 44.2 Å². The van der Waals surface area contributed by atoms with Gasteiger partial charge in [0.05, 0.1) is 4.90 Å². The molecule has 0 aliphatic carbocycles. The van der Waals surface area contributed by atoms with Crippen LogP contribution in [0.3, 0.4) is 0 Å². The van der Waals surface area contributed by atoms with Gasteiger partial charge in [-0.05, 0) is 43.5 Å². The number of carbonyl (C=O) groups excluding carboxylic acids is 1. The molecule has 9 heteroatoms. The van der Waals surface area contributed by atoms with Gasteiger partial charge in [0, 0.05) is 10.5 Å². The highest BCUT2D eigenvalue weighted by atomic mass is 79.9. The number of aryl methyl sites for hydroxylation is 1. The van der Waals surface area contributed by atoms with Crippen molar-refractivity contribution in [2.75, 3.05) is 5.32 Å². The van der Waals surface area contributed by atoms with Gasteiger partial charge in [-0.2, -0.15) is 4.72 Å². The van der Waals surface area contributed by atoms with E-state index in [1.54, 1.807) is 25.1 Å². The SMILES string of the molecule is Cc1cc(NC(=O)[C@H](CC(C)C)NS(=O)(=O)c2ccc(Br)cc2)no1. The van der Waals surface area contributed by atoms with E-state index in [1.807, 2.05) is 13.8 Å². The number of sulfonamides is 1. The fourth-order valence-corrected chi connectivity index (χ4v) is 3.66. The number of hydrogen-bond donors (Lipinski definition) is 2. The van der Waals surface area contributed by atoms with Crippen LogP contribution in [0.5, 0.6) is 0 Å². The first-order valence-electron chi connectivity index (χ1n) is 7.69. The summed E-state index contributed by atoms with van der Waals surface area (Å²) in [5.74, 6) is 0.426. The normalized spacial score (nSPS) is 13.0. The maximum Gasteiger partial charge on any atom is 0.243 e. The van der Waals surface area contributed by atoms with Crippen molar-refractivity contribution in [2.24, 2.45) is 5.92 Å². The molecule has 0 saturated carbocycles. The summed E-state index contributed by atoms with van der Waals surface area (Å²) in [6.45, 7) is 5.52. The smallest absolute Gasteiger partial charge is 0.243 e. The molecule has 1 aromatic heterocycles. The van der Waals surface area contributed by atoms with Crippen molar-refractivity contribution < 1.29 is 17.7 Å². The van der Waals surface area contributed by atoms with E-state index < -0.39 is 22.0 Å². The van der Waals surface area contributed by atoms with Gasteiger partial charge < -0.3 is 9.84 Å². The molecule has 0 fully saturated rings. The second-order valence-corrected chi connectivity index (χ2v) is 8.70. The molecule has 25 heavy (non-hydrogen) atoms. The van der Waals surface area contributed by atoms with Gasteiger partial charge in [-0.25, -0.2) is 8.42 Å². The number of nitrogens with zero attached hydrogens (tertiary/aromatic N) is 1. The van der Waals surface area contributed by atoms with E-state index in [-0.39, 0.29) is 16.6 Å². The van der Waals surface area contributed by atoms with E-state index in [4.69, 9.17) is 4.52 Å². The number of nitrogens with one attached hydrogen (secondary N) is 2. The summed E-state index contributed by atoms with van der Waals surface area (Å²) >= 11 is 3.26. The quantitative estimate of drug-likeness (QED) is 0.703. The number of hydrogen-bond acceptors (Lipinski definition) is 5. The zero-order valence-corrected chi connectivity index (χ0v) is 16.5. The van der Waals surface area contributed by atoms with Gasteiger partial charge in [0.25, 0.3) is 0 Å². The van der Waals surface area contributed by atoms with Crippen LogP contribution in [0, 0.1) is 12.8 Å². The van der Waals surface area contributed by atoms with Crippen molar-refractivity contribution in [3.63, 3.8) is 0 Å². The molecule has 2 N–H and O–H groups in total. The van der Waals surface area contributed by atoms with Crippen LogP contribution in [0.1, 0.15) is 26.0 Å². The van der Waals surface area contributed by atoms with Crippen LogP contribution in [0.4, 0.5) is 5.82 Å². The molecule has 0 radical (unpaired) electrons. The van der Waals surface area contributed by atoms with E-state index in [1.165, 1.54) is 12.1 Å². The highest BCUT2D eigenvalue weighted by Crippen LogP contribution is 2.17. The van der Waals surface area contributed by atoms with Crippen molar-refractivity contribution in [2.45, 2.75) is 38.1 Å². The third-order valence-corrected chi connectivity index (χ3v) is 5.34. The van der Waals surface area contributed by atoms with Crippen LogP contribution >= 0.6 is 15.9 Å². The molecule has 0 aliphatic rings. The predicted molar refractivity (Wildman–Crippen MR) is 97.6 cm³/mol. The molecule has 0 unspecified atom stereocenters. The zero-order valence-electron chi connectivity index (χ0n) is 14.1. The topological polar surface area (TPSA) is 101 Å². The summed E-state index contributed by atoms with van der Waals surface area (Å²) in [5, 5.41) is 6.27. The Morgan fingerprint density at radius 2 is 1.92 bits per heavy atom. The van der Waals surface area contributed by atoms with Crippen molar-refractivity contribution >= 4 is 37.7 Å². The number of anilines is 1. The highest BCUT2D eigenvalue weighted by molar-refractivity contribution is 9.10. The maximum absolute atomic E-state index is 12.6. The molecule has 1 aromatic carbocycles. The second-order valence-electron chi connectivity index (χ2n) is 6.07. The average Bonchev–Trinajstić information content (AvgIpc) is 2.91.